The van der Waals surface area contributed by atoms with Crippen molar-refractivity contribution in [3.8, 4) is 0 Å². The Morgan fingerprint density at radius 1 is 1.10 bits per heavy atom. The number of benzene rings is 2. The first kappa shape index (κ1) is 21.9. The van der Waals surface area contributed by atoms with E-state index in [1.165, 1.54) is 4.31 Å². The van der Waals surface area contributed by atoms with Crippen molar-refractivity contribution >= 4 is 10.0 Å². The smallest absolute Gasteiger partial charge is 0.245 e. The summed E-state index contributed by atoms with van der Waals surface area (Å²) in [6.45, 7) is 5.57. The van der Waals surface area contributed by atoms with Crippen molar-refractivity contribution < 1.29 is 23.4 Å². The summed E-state index contributed by atoms with van der Waals surface area (Å²) in [5.74, 6) is -0.839. The van der Waals surface area contributed by atoms with Gasteiger partial charge in [0.2, 0.25) is 10.0 Å². The third-order valence-electron chi connectivity index (χ3n) is 5.53. The van der Waals surface area contributed by atoms with Gasteiger partial charge < -0.3 is 14.9 Å². The highest BCUT2D eigenvalue weighted by atomic mass is 32.2. The normalized spacial score (nSPS) is 23.6. The Balaban J connectivity index is 2.02. The van der Waals surface area contributed by atoms with Crippen LogP contribution in [0, 0.1) is 12.8 Å². The van der Waals surface area contributed by atoms with Gasteiger partial charge in [0.1, 0.15) is 6.23 Å². The fourth-order valence-corrected chi connectivity index (χ4v) is 5.64. The zero-order chi connectivity index (χ0) is 21.2. The van der Waals surface area contributed by atoms with Crippen LogP contribution in [0.15, 0.2) is 59.5 Å². The molecule has 0 bridgehead atoms. The molecule has 3 rings (SSSR count). The quantitative estimate of drug-likeness (QED) is 0.721. The summed E-state index contributed by atoms with van der Waals surface area (Å²) >= 11 is 0. The van der Waals surface area contributed by atoms with Crippen molar-refractivity contribution in [1.29, 1.82) is 0 Å². The van der Waals surface area contributed by atoms with E-state index in [2.05, 4.69) is 0 Å². The second-order valence-corrected chi connectivity index (χ2v) is 9.45. The molecule has 5 atom stereocenters. The number of aliphatic hydroxyl groups excluding tert-OH is 2. The van der Waals surface area contributed by atoms with Crippen molar-refractivity contribution in [3.63, 3.8) is 0 Å². The largest absolute Gasteiger partial charge is 0.393 e. The molecular formula is C22H29NO5S. The van der Waals surface area contributed by atoms with Crippen molar-refractivity contribution in [2.24, 2.45) is 5.92 Å². The number of rotatable bonds is 7. The maximum atomic E-state index is 13.5. The molecule has 2 aromatic rings. The second-order valence-electron chi connectivity index (χ2n) is 7.61. The lowest BCUT2D eigenvalue weighted by Crippen LogP contribution is -2.49. The van der Waals surface area contributed by atoms with Gasteiger partial charge in [-0.15, -0.1) is 0 Å². The molecule has 0 saturated carbocycles. The zero-order valence-corrected chi connectivity index (χ0v) is 17.8. The molecule has 1 fully saturated rings. The predicted molar refractivity (Wildman–Crippen MR) is 111 cm³/mol. The minimum atomic E-state index is -3.87. The van der Waals surface area contributed by atoms with Crippen LogP contribution in [-0.4, -0.2) is 47.9 Å². The van der Waals surface area contributed by atoms with Gasteiger partial charge >= 0.3 is 0 Å². The summed E-state index contributed by atoms with van der Waals surface area (Å²) < 4.78 is 34.2. The van der Waals surface area contributed by atoms with Gasteiger partial charge in [0, 0.05) is 0 Å². The monoisotopic (exact) mass is 419 g/mol. The van der Waals surface area contributed by atoms with Crippen LogP contribution in [0.5, 0.6) is 0 Å². The number of hydrogen-bond donors (Lipinski definition) is 2. The van der Waals surface area contributed by atoms with Crippen molar-refractivity contribution in [2.45, 2.75) is 56.6 Å². The third-order valence-corrected chi connectivity index (χ3v) is 7.46. The third kappa shape index (κ3) is 4.39. The Bertz CT molecular complexity index is 899. The van der Waals surface area contributed by atoms with Crippen molar-refractivity contribution in [1.82, 2.24) is 4.31 Å². The van der Waals surface area contributed by atoms with Crippen LogP contribution >= 0.6 is 0 Å². The molecule has 158 valence electrons. The number of aryl methyl sites for hydroxylation is 1. The molecule has 1 heterocycles. The molecular weight excluding hydrogens is 390 g/mol. The minimum absolute atomic E-state index is 0.176. The second kappa shape index (κ2) is 8.93. The molecule has 6 nitrogen and oxygen atoms in total. The summed E-state index contributed by atoms with van der Waals surface area (Å²) in [5, 5.41) is 21.5. The standard InChI is InChI=1S/C22H29NO5S/c1-4-18-14-28-22(20(16(3)24)21(25)17-8-6-5-7-9-17)23(18)29(26,27)19-12-10-15(2)11-13-19/h5-13,16,18,20-22,24-25H,4,14H2,1-3H3/t16-,18+,20-,21-,22+/m0/s1. The topological polar surface area (TPSA) is 87.1 Å². The van der Waals surface area contributed by atoms with E-state index in [0.717, 1.165) is 5.56 Å². The van der Waals surface area contributed by atoms with Gasteiger partial charge in [0.05, 0.1) is 35.7 Å². The molecule has 0 radical (unpaired) electrons. The van der Waals surface area contributed by atoms with Crippen molar-refractivity contribution in [2.75, 3.05) is 6.61 Å². The fraction of sp³-hybridized carbons (Fsp3) is 0.455. The average molecular weight is 420 g/mol. The highest BCUT2D eigenvalue weighted by Gasteiger charge is 2.49. The van der Waals surface area contributed by atoms with Crippen LogP contribution in [0.25, 0.3) is 0 Å². The lowest BCUT2D eigenvalue weighted by molar-refractivity contribution is -0.0872. The van der Waals surface area contributed by atoms with Gasteiger partial charge in [-0.2, -0.15) is 4.31 Å². The number of hydrogen-bond acceptors (Lipinski definition) is 5. The Morgan fingerprint density at radius 2 is 1.72 bits per heavy atom. The Morgan fingerprint density at radius 3 is 2.28 bits per heavy atom. The molecule has 0 aliphatic carbocycles. The van der Waals surface area contributed by atoms with Crippen LogP contribution in [0.1, 0.15) is 37.5 Å². The molecule has 7 heteroatoms. The Labute approximate surface area is 172 Å². The highest BCUT2D eigenvalue weighted by Crippen LogP contribution is 2.38. The Hall–Kier alpha value is -1.77. The molecule has 2 N–H and O–H groups in total. The van der Waals surface area contributed by atoms with Crippen molar-refractivity contribution in [3.05, 3.63) is 65.7 Å². The molecule has 1 aliphatic rings. The lowest BCUT2D eigenvalue weighted by atomic mass is 9.90. The first-order chi connectivity index (χ1) is 13.8. The minimum Gasteiger partial charge on any atom is -0.393 e. The van der Waals surface area contributed by atoms with Gasteiger partial charge in [0.25, 0.3) is 0 Å². The first-order valence-electron chi connectivity index (χ1n) is 9.90. The summed E-state index contributed by atoms with van der Waals surface area (Å²) in [6.07, 6.45) is -2.47. The number of ether oxygens (including phenoxy) is 1. The summed E-state index contributed by atoms with van der Waals surface area (Å²) in [4.78, 5) is 0.176. The van der Waals surface area contributed by atoms with Crippen LogP contribution in [0.4, 0.5) is 0 Å². The van der Waals surface area contributed by atoms with E-state index in [0.29, 0.717) is 12.0 Å². The van der Waals surface area contributed by atoms with E-state index in [1.807, 2.05) is 19.9 Å². The van der Waals surface area contributed by atoms with Crippen LogP contribution in [0.2, 0.25) is 0 Å². The highest BCUT2D eigenvalue weighted by molar-refractivity contribution is 7.89. The van der Waals surface area contributed by atoms with Gasteiger partial charge in [-0.1, -0.05) is 55.0 Å². The van der Waals surface area contributed by atoms with Gasteiger partial charge in [-0.25, -0.2) is 8.42 Å². The van der Waals surface area contributed by atoms with Crippen LogP contribution in [0.3, 0.4) is 0 Å². The average Bonchev–Trinajstić information content (AvgIpc) is 3.13. The Kier molecular flexibility index (Phi) is 6.76. The molecule has 0 spiro atoms. The summed E-state index contributed by atoms with van der Waals surface area (Å²) in [7, 11) is -3.87. The van der Waals surface area contributed by atoms with Gasteiger partial charge in [-0.05, 0) is 38.0 Å². The maximum Gasteiger partial charge on any atom is 0.245 e. The predicted octanol–water partition coefficient (Wildman–Crippen LogP) is 2.85. The van der Waals surface area contributed by atoms with Gasteiger partial charge in [0.15, 0.2) is 0 Å². The van der Waals surface area contributed by atoms with Gasteiger partial charge in [-0.3, -0.25) is 0 Å². The number of nitrogens with zero attached hydrogens (tertiary/aromatic N) is 1. The van der Waals surface area contributed by atoms with E-state index >= 15 is 0 Å². The SMILES string of the molecule is CC[C@@H]1CO[C@H]([C@@H]([C@H](C)O)[C@@H](O)c2ccccc2)N1S(=O)(=O)c1ccc(C)cc1. The molecule has 29 heavy (non-hydrogen) atoms. The molecule has 0 unspecified atom stereocenters. The molecule has 2 aromatic carbocycles. The maximum absolute atomic E-state index is 13.5. The zero-order valence-electron chi connectivity index (χ0n) is 17.0. The molecule has 1 saturated heterocycles. The number of aliphatic hydroxyl groups is 2. The molecule has 0 amide bonds. The van der Waals surface area contributed by atoms with E-state index in [4.69, 9.17) is 4.74 Å². The molecule has 0 aromatic heterocycles. The van der Waals surface area contributed by atoms with E-state index in [1.54, 1.807) is 55.5 Å². The lowest BCUT2D eigenvalue weighted by Gasteiger charge is -2.36. The first-order valence-corrected chi connectivity index (χ1v) is 11.3. The van der Waals surface area contributed by atoms with E-state index in [-0.39, 0.29) is 17.5 Å². The van der Waals surface area contributed by atoms with Crippen LogP contribution < -0.4 is 0 Å². The van der Waals surface area contributed by atoms with E-state index in [9.17, 15) is 18.6 Å². The summed E-state index contributed by atoms with van der Waals surface area (Å²) in [6, 6.07) is 15.2. The number of sulfonamides is 1. The van der Waals surface area contributed by atoms with Crippen LogP contribution in [-0.2, 0) is 14.8 Å². The summed E-state index contributed by atoms with van der Waals surface area (Å²) in [5.41, 5.74) is 1.57. The fourth-order valence-electron chi connectivity index (χ4n) is 3.84. The van der Waals surface area contributed by atoms with E-state index < -0.39 is 34.4 Å². The molecule has 1 aliphatic heterocycles.